The second-order valence-electron chi connectivity index (χ2n) is 6.82. The third kappa shape index (κ3) is 3.42. The average Bonchev–Trinajstić information content (AvgIpc) is 3.10. The van der Waals surface area contributed by atoms with Crippen LogP contribution in [-0.2, 0) is 11.3 Å². The molecule has 2 heterocycles. The smallest absolute Gasteiger partial charge is 0.223 e. The van der Waals surface area contributed by atoms with Gasteiger partial charge in [-0.15, -0.1) is 0 Å². The highest BCUT2D eigenvalue weighted by Crippen LogP contribution is 2.25. The van der Waals surface area contributed by atoms with Crippen LogP contribution in [0.15, 0.2) is 18.2 Å². The van der Waals surface area contributed by atoms with Crippen LogP contribution in [0, 0.1) is 19.8 Å². The van der Waals surface area contributed by atoms with Gasteiger partial charge in [-0.2, -0.15) is 5.10 Å². The van der Waals surface area contributed by atoms with Gasteiger partial charge in [-0.25, -0.2) is 0 Å². The highest BCUT2D eigenvalue weighted by molar-refractivity contribution is 5.77. The normalized spacial score (nSPS) is 24.9. The van der Waals surface area contributed by atoms with Crippen molar-refractivity contribution >= 4 is 5.91 Å². The van der Waals surface area contributed by atoms with Gasteiger partial charge in [-0.05, 0) is 57.9 Å². The third-order valence-corrected chi connectivity index (χ3v) is 4.98. The number of carbonyl (C=O) groups is 1. The van der Waals surface area contributed by atoms with E-state index in [9.17, 15) is 4.79 Å². The zero-order valence-corrected chi connectivity index (χ0v) is 13.8. The Morgan fingerprint density at radius 2 is 2.18 bits per heavy atom. The quantitative estimate of drug-likeness (QED) is 0.801. The minimum atomic E-state index is 0.310. The molecule has 120 valence electrons. The van der Waals surface area contributed by atoms with Gasteiger partial charge in [0.05, 0.1) is 18.3 Å². The van der Waals surface area contributed by atoms with Gasteiger partial charge < -0.3 is 4.90 Å². The molecule has 2 atom stereocenters. The molecule has 1 amide bonds. The molecular weight excluding hydrogens is 274 g/mol. The molecule has 22 heavy (non-hydrogen) atoms. The first-order chi connectivity index (χ1) is 10.6. The molecule has 4 nitrogen and oxygen atoms in total. The lowest BCUT2D eigenvalue weighted by molar-refractivity contribution is -0.136. The second kappa shape index (κ2) is 6.67. The van der Waals surface area contributed by atoms with Crippen molar-refractivity contribution in [3.63, 3.8) is 0 Å². The fourth-order valence-electron chi connectivity index (χ4n) is 3.78. The molecule has 0 radical (unpaired) electrons. The lowest BCUT2D eigenvalue weighted by atomic mass is 9.98. The third-order valence-electron chi connectivity index (χ3n) is 4.98. The minimum Gasteiger partial charge on any atom is -0.338 e. The van der Waals surface area contributed by atoms with Crippen LogP contribution in [-0.4, -0.2) is 33.2 Å². The molecule has 0 unspecified atom stereocenters. The molecular formula is C18H27N3O. The van der Waals surface area contributed by atoms with Crippen LogP contribution in [0.1, 0.15) is 49.9 Å². The molecule has 4 heteroatoms. The summed E-state index contributed by atoms with van der Waals surface area (Å²) in [6.07, 6.45) is 10.8. The summed E-state index contributed by atoms with van der Waals surface area (Å²) >= 11 is 0. The molecule has 0 spiro atoms. The van der Waals surface area contributed by atoms with Gasteiger partial charge in [0.15, 0.2) is 0 Å². The standard InChI is InChI=1S/C18H27N3O/c1-14-11-15(2)21(19-14)13-17-9-5-6-10-20(17)18(22)12-16-7-3-4-8-16/h3,7,11,16-17H,4-6,8-10,12-13H2,1-2H3/t16-,17+/m0/s1. The van der Waals surface area contributed by atoms with Crippen molar-refractivity contribution in [3.05, 3.63) is 29.6 Å². The van der Waals surface area contributed by atoms with E-state index >= 15 is 0 Å². The lowest BCUT2D eigenvalue weighted by Crippen LogP contribution is -2.46. The van der Waals surface area contributed by atoms with Gasteiger partial charge in [0.2, 0.25) is 5.91 Å². The summed E-state index contributed by atoms with van der Waals surface area (Å²) in [7, 11) is 0. The number of rotatable bonds is 4. The Balaban J connectivity index is 1.66. The Labute approximate surface area is 133 Å². The molecule has 0 N–H and O–H groups in total. The molecule has 1 aromatic rings. The van der Waals surface area contributed by atoms with E-state index in [0.717, 1.165) is 44.5 Å². The maximum Gasteiger partial charge on any atom is 0.223 e. The van der Waals surface area contributed by atoms with Crippen LogP contribution < -0.4 is 0 Å². The summed E-state index contributed by atoms with van der Waals surface area (Å²) in [6.45, 7) is 5.88. The number of carbonyl (C=O) groups excluding carboxylic acids is 1. The summed E-state index contributed by atoms with van der Waals surface area (Å²) < 4.78 is 2.07. The maximum absolute atomic E-state index is 12.7. The number of allylic oxidation sites excluding steroid dienone is 2. The maximum atomic E-state index is 12.7. The van der Waals surface area contributed by atoms with Crippen molar-refractivity contribution in [2.45, 2.75) is 65.0 Å². The lowest BCUT2D eigenvalue weighted by Gasteiger charge is -2.36. The summed E-state index contributed by atoms with van der Waals surface area (Å²) in [5.41, 5.74) is 2.25. The fourth-order valence-corrected chi connectivity index (χ4v) is 3.78. The summed E-state index contributed by atoms with van der Waals surface area (Å²) in [5, 5.41) is 4.57. The monoisotopic (exact) mass is 301 g/mol. The van der Waals surface area contributed by atoms with Crippen molar-refractivity contribution < 1.29 is 4.79 Å². The van der Waals surface area contributed by atoms with Crippen LogP contribution in [0.3, 0.4) is 0 Å². The first-order valence-corrected chi connectivity index (χ1v) is 8.60. The fraction of sp³-hybridized carbons (Fsp3) is 0.667. The number of likely N-dealkylation sites (tertiary alicyclic amines) is 1. The van der Waals surface area contributed by atoms with Gasteiger partial charge in [0.25, 0.3) is 0 Å². The number of hydrogen-bond acceptors (Lipinski definition) is 2. The molecule has 3 rings (SSSR count). The van der Waals surface area contributed by atoms with E-state index in [1.807, 2.05) is 6.92 Å². The Hall–Kier alpha value is -1.58. The predicted octanol–water partition coefficient (Wildman–Crippen LogP) is 3.24. The summed E-state index contributed by atoms with van der Waals surface area (Å²) in [4.78, 5) is 14.8. The molecule has 1 fully saturated rings. The van der Waals surface area contributed by atoms with Crippen LogP contribution in [0.5, 0.6) is 0 Å². The minimum absolute atomic E-state index is 0.310. The molecule has 0 bridgehead atoms. The van der Waals surface area contributed by atoms with Crippen molar-refractivity contribution in [2.75, 3.05) is 6.54 Å². The molecule has 0 aromatic carbocycles. The van der Waals surface area contributed by atoms with E-state index in [2.05, 4.69) is 39.8 Å². The van der Waals surface area contributed by atoms with Crippen molar-refractivity contribution in [2.24, 2.45) is 5.92 Å². The molecule has 2 aliphatic rings. The number of aryl methyl sites for hydroxylation is 2. The average molecular weight is 301 g/mol. The van der Waals surface area contributed by atoms with Gasteiger partial charge >= 0.3 is 0 Å². The van der Waals surface area contributed by atoms with Crippen molar-refractivity contribution in [1.82, 2.24) is 14.7 Å². The molecule has 1 saturated heterocycles. The Kier molecular flexibility index (Phi) is 4.65. The van der Waals surface area contributed by atoms with E-state index in [-0.39, 0.29) is 0 Å². The van der Waals surface area contributed by atoms with Crippen LogP contribution >= 0.6 is 0 Å². The second-order valence-corrected chi connectivity index (χ2v) is 6.82. The highest BCUT2D eigenvalue weighted by atomic mass is 16.2. The van der Waals surface area contributed by atoms with Crippen LogP contribution in [0.4, 0.5) is 0 Å². The molecule has 1 aliphatic carbocycles. The van der Waals surface area contributed by atoms with Gasteiger partial charge in [-0.1, -0.05) is 12.2 Å². The summed E-state index contributed by atoms with van der Waals surface area (Å²) in [5.74, 6) is 0.798. The SMILES string of the molecule is Cc1cc(C)n(C[C@H]2CCCCN2C(=O)C[C@H]2C=CCC2)n1. The first kappa shape index (κ1) is 15.3. The Morgan fingerprint density at radius 3 is 2.86 bits per heavy atom. The van der Waals surface area contributed by atoms with Crippen molar-refractivity contribution in [3.8, 4) is 0 Å². The topological polar surface area (TPSA) is 38.1 Å². The first-order valence-electron chi connectivity index (χ1n) is 8.60. The predicted molar refractivity (Wildman–Crippen MR) is 87.5 cm³/mol. The van der Waals surface area contributed by atoms with E-state index in [1.54, 1.807) is 0 Å². The van der Waals surface area contributed by atoms with Gasteiger partial charge in [0.1, 0.15) is 0 Å². The molecule has 1 aliphatic heterocycles. The largest absolute Gasteiger partial charge is 0.338 e. The highest BCUT2D eigenvalue weighted by Gasteiger charge is 2.28. The van der Waals surface area contributed by atoms with E-state index < -0.39 is 0 Å². The van der Waals surface area contributed by atoms with E-state index in [4.69, 9.17) is 0 Å². The summed E-state index contributed by atoms with van der Waals surface area (Å²) in [6, 6.07) is 2.42. The van der Waals surface area contributed by atoms with Gasteiger partial charge in [-0.3, -0.25) is 9.48 Å². The zero-order valence-electron chi connectivity index (χ0n) is 13.8. The number of hydrogen-bond donors (Lipinski definition) is 0. The van der Waals surface area contributed by atoms with Crippen LogP contribution in [0.25, 0.3) is 0 Å². The zero-order chi connectivity index (χ0) is 15.5. The molecule has 0 saturated carbocycles. The van der Waals surface area contributed by atoms with Crippen molar-refractivity contribution in [1.29, 1.82) is 0 Å². The Bertz CT molecular complexity index is 561. The molecule has 1 aromatic heterocycles. The number of nitrogens with zero attached hydrogens (tertiary/aromatic N) is 3. The van der Waals surface area contributed by atoms with E-state index in [1.165, 1.54) is 12.1 Å². The number of piperidine rings is 1. The van der Waals surface area contributed by atoms with E-state index in [0.29, 0.717) is 24.3 Å². The van der Waals surface area contributed by atoms with Gasteiger partial charge in [0, 0.05) is 18.7 Å². The number of aromatic nitrogens is 2. The van der Waals surface area contributed by atoms with Crippen LogP contribution in [0.2, 0.25) is 0 Å². The number of amides is 1. The Morgan fingerprint density at radius 1 is 1.32 bits per heavy atom.